The van der Waals surface area contributed by atoms with Crippen LogP contribution in [0.1, 0.15) is 58.3 Å². The Morgan fingerprint density at radius 2 is 1.60 bits per heavy atom. The Bertz CT molecular complexity index is 1900. The summed E-state index contributed by atoms with van der Waals surface area (Å²) in [7, 11) is 0. The van der Waals surface area contributed by atoms with E-state index in [2.05, 4.69) is 20.6 Å². The lowest BCUT2D eigenvalue weighted by molar-refractivity contribution is -0.137. The van der Waals surface area contributed by atoms with E-state index in [1.165, 1.54) is 12.1 Å². The summed E-state index contributed by atoms with van der Waals surface area (Å²) in [5.74, 6) is -0.944. The van der Waals surface area contributed by atoms with Crippen molar-refractivity contribution in [2.75, 3.05) is 18.4 Å². The van der Waals surface area contributed by atoms with Gasteiger partial charge in [-0.15, -0.1) is 0 Å². The average molecular weight is 640 g/mol. The standard InChI is InChI=1S/C36H32F3N5O3/c1-3-21-44(4-2)35(47)32(30-11-7-8-20-40-30)43-33(45)25-14-18-29-24(22-25)15-19-31(41-29)42-34(46)28-10-6-5-9-27(28)23-12-16-26(17-13-23)36(37,38)39/h5-20,22,32H,3-4,21H2,1-2H3,(H,43,45)(H,41,42,46)/t32-/m0/s1. The molecule has 2 heterocycles. The molecule has 5 aromatic rings. The van der Waals surface area contributed by atoms with E-state index in [1.54, 1.807) is 83.9 Å². The number of pyridine rings is 2. The predicted octanol–water partition coefficient (Wildman–Crippen LogP) is 7.30. The molecular weight excluding hydrogens is 607 g/mol. The molecule has 47 heavy (non-hydrogen) atoms. The third-order valence-electron chi connectivity index (χ3n) is 7.58. The fourth-order valence-electron chi connectivity index (χ4n) is 5.19. The van der Waals surface area contributed by atoms with Crippen LogP contribution in [0.3, 0.4) is 0 Å². The molecule has 0 unspecified atom stereocenters. The van der Waals surface area contributed by atoms with Gasteiger partial charge in [-0.25, -0.2) is 4.98 Å². The van der Waals surface area contributed by atoms with E-state index in [9.17, 15) is 27.6 Å². The lowest BCUT2D eigenvalue weighted by Gasteiger charge is -2.26. The number of halogens is 3. The van der Waals surface area contributed by atoms with Crippen LogP contribution in [0, 0.1) is 0 Å². The summed E-state index contributed by atoms with van der Waals surface area (Å²) in [4.78, 5) is 50.6. The third kappa shape index (κ3) is 7.63. The Balaban J connectivity index is 1.34. The van der Waals surface area contributed by atoms with E-state index in [0.29, 0.717) is 46.4 Å². The number of likely N-dealkylation sites (N-methyl/N-ethyl adjacent to an activating group) is 1. The lowest BCUT2D eigenvalue weighted by atomic mass is 9.98. The van der Waals surface area contributed by atoms with Gasteiger partial charge in [-0.1, -0.05) is 43.3 Å². The molecule has 0 aliphatic carbocycles. The third-order valence-corrected chi connectivity index (χ3v) is 7.58. The molecule has 0 spiro atoms. The summed E-state index contributed by atoms with van der Waals surface area (Å²) in [6.45, 7) is 4.91. The molecule has 0 bridgehead atoms. The van der Waals surface area contributed by atoms with Gasteiger partial charge >= 0.3 is 6.18 Å². The lowest BCUT2D eigenvalue weighted by Crippen LogP contribution is -2.43. The molecular formula is C36H32F3N5O3. The fraction of sp³-hybridized carbons (Fsp3) is 0.194. The van der Waals surface area contributed by atoms with E-state index < -0.39 is 29.6 Å². The first kappa shape index (κ1) is 32.8. The Kier molecular flexibility index (Phi) is 9.94. The summed E-state index contributed by atoms with van der Waals surface area (Å²) >= 11 is 0. The second-order valence-corrected chi connectivity index (χ2v) is 10.8. The van der Waals surface area contributed by atoms with Crippen molar-refractivity contribution < 1.29 is 27.6 Å². The minimum Gasteiger partial charge on any atom is -0.341 e. The minimum absolute atomic E-state index is 0.246. The van der Waals surface area contributed by atoms with Gasteiger partial charge in [0.2, 0.25) is 0 Å². The average Bonchev–Trinajstić information content (AvgIpc) is 3.09. The van der Waals surface area contributed by atoms with Crippen LogP contribution >= 0.6 is 0 Å². The van der Waals surface area contributed by atoms with Crippen LogP contribution in [0.25, 0.3) is 22.0 Å². The Labute approximate surface area is 269 Å². The maximum Gasteiger partial charge on any atom is 0.416 e. The van der Waals surface area contributed by atoms with Crippen molar-refractivity contribution in [1.82, 2.24) is 20.2 Å². The molecule has 0 aliphatic heterocycles. The number of carbonyl (C=O) groups excluding carboxylic acids is 3. The fourth-order valence-corrected chi connectivity index (χ4v) is 5.19. The first-order chi connectivity index (χ1) is 22.6. The smallest absolute Gasteiger partial charge is 0.341 e. The number of alkyl halides is 3. The van der Waals surface area contributed by atoms with Crippen molar-refractivity contribution in [3.05, 3.63) is 126 Å². The monoisotopic (exact) mass is 639 g/mol. The second-order valence-electron chi connectivity index (χ2n) is 10.8. The highest BCUT2D eigenvalue weighted by Gasteiger charge is 2.30. The second kappa shape index (κ2) is 14.2. The zero-order valence-corrected chi connectivity index (χ0v) is 25.7. The van der Waals surface area contributed by atoms with Crippen molar-refractivity contribution >= 4 is 34.4 Å². The molecule has 0 radical (unpaired) electrons. The van der Waals surface area contributed by atoms with Gasteiger partial charge in [-0.2, -0.15) is 13.2 Å². The molecule has 3 amide bonds. The van der Waals surface area contributed by atoms with Crippen molar-refractivity contribution in [2.45, 2.75) is 32.5 Å². The molecule has 240 valence electrons. The van der Waals surface area contributed by atoms with E-state index in [0.717, 1.165) is 18.6 Å². The maximum atomic E-state index is 13.4. The minimum atomic E-state index is -4.46. The van der Waals surface area contributed by atoms with Gasteiger partial charge in [0.05, 0.1) is 16.8 Å². The number of fused-ring (bicyclic) bond motifs is 1. The highest BCUT2D eigenvalue weighted by Crippen LogP contribution is 2.32. The van der Waals surface area contributed by atoms with Gasteiger partial charge < -0.3 is 15.5 Å². The van der Waals surface area contributed by atoms with Crippen LogP contribution < -0.4 is 10.6 Å². The van der Waals surface area contributed by atoms with Gasteiger partial charge in [-0.3, -0.25) is 19.4 Å². The van der Waals surface area contributed by atoms with Crippen molar-refractivity contribution in [3.8, 4) is 11.1 Å². The first-order valence-corrected chi connectivity index (χ1v) is 15.1. The molecule has 5 rings (SSSR count). The molecule has 2 N–H and O–H groups in total. The van der Waals surface area contributed by atoms with E-state index in [1.807, 2.05) is 13.8 Å². The largest absolute Gasteiger partial charge is 0.416 e. The number of nitrogens with zero attached hydrogens (tertiary/aromatic N) is 3. The molecule has 0 saturated carbocycles. The van der Waals surface area contributed by atoms with Crippen LogP contribution in [0.15, 0.2) is 103 Å². The number of hydrogen-bond donors (Lipinski definition) is 2. The Morgan fingerprint density at radius 3 is 2.28 bits per heavy atom. The Hall–Kier alpha value is -5.58. The van der Waals surface area contributed by atoms with Crippen LogP contribution in [-0.2, 0) is 11.0 Å². The quantitative estimate of drug-likeness (QED) is 0.167. The molecule has 0 saturated heterocycles. The number of benzene rings is 3. The number of nitrogens with one attached hydrogen (secondary N) is 2. The number of carbonyl (C=O) groups is 3. The molecule has 1 atom stereocenters. The number of aromatic nitrogens is 2. The highest BCUT2D eigenvalue weighted by atomic mass is 19.4. The van der Waals surface area contributed by atoms with Gasteiger partial charge in [-0.05, 0) is 85.1 Å². The van der Waals surface area contributed by atoms with Gasteiger partial charge in [0.1, 0.15) is 5.82 Å². The van der Waals surface area contributed by atoms with Crippen LogP contribution in [0.4, 0.5) is 19.0 Å². The predicted molar refractivity (Wildman–Crippen MR) is 174 cm³/mol. The molecule has 8 nitrogen and oxygen atoms in total. The number of rotatable bonds is 10. The van der Waals surface area contributed by atoms with Crippen LogP contribution in [0.2, 0.25) is 0 Å². The van der Waals surface area contributed by atoms with Crippen LogP contribution in [0.5, 0.6) is 0 Å². The van der Waals surface area contributed by atoms with E-state index in [4.69, 9.17) is 0 Å². The molecule has 2 aromatic heterocycles. The van der Waals surface area contributed by atoms with E-state index in [-0.39, 0.29) is 17.3 Å². The Morgan fingerprint density at radius 1 is 0.851 bits per heavy atom. The summed E-state index contributed by atoms with van der Waals surface area (Å²) in [5, 5.41) is 6.23. The summed E-state index contributed by atoms with van der Waals surface area (Å²) in [6, 6.07) is 23.6. The van der Waals surface area contributed by atoms with Gasteiger partial charge in [0.25, 0.3) is 17.7 Å². The summed E-state index contributed by atoms with van der Waals surface area (Å²) in [6.07, 6.45) is -2.12. The highest BCUT2D eigenvalue weighted by molar-refractivity contribution is 6.09. The van der Waals surface area contributed by atoms with Gasteiger partial charge in [0.15, 0.2) is 6.04 Å². The van der Waals surface area contributed by atoms with Gasteiger partial charge in [0, 0.05) is 35.8 Å². The number of anilines is 1. The normalized spacial score (nSPS) is 11.9. The van der Waals surface area contributed by atoms with Crippen molar-refractivity contribution in [2.24, 2.45) is 0 Å². The zero-order valence-electron chi connectivity index (χ0n) is 25.7. The number of amides is 3. The first-order valence-electron chi connectivity index (χ1n) is 15.1. The summed E-state index contributed by atoms with van der Waals surface area (Å²) < 4.78 is 39.1. The van der Waals surface area contributed by atoms with Crippen molar-refractivity contribution in [3.63, 3.8) is 0 Å². The molecule has 3 aromatic carbocycles. The maximum absolute atomic E-state index is 13.4. The number of hydrogen-bond acceptors (Lipinski definition) is 5. The molecule has 0 fully saturated rings. The zero-order chi connectivity index (χ0) is 33.6. The SMILES string of the molecule is CCCN(CC)C(=O)[C@@H](NC(=O)c1ccc2nc(NC(=O)c3ccccc3-c3ccc(C(F)(F)F)cc3)ccc2c1)c1ccccn1. The summed E-state index contributed by atoms with van der Waals surface area (Å²) in [5.41, 5.74) is 1.67. The molecule has 0 aliphatic rings. The topological polar surface area (TPSA) is 104 Å². The van der Waals surface area contributed by atoms with Crippen molar-refractivity contribution in [1.29, 1.82) is 0 Å². The van der Waals surface area contributed by atoms with E-state index >= 15 is 0 Å². The molecule has 11 heteroatoms. The van der Waals surface area contributed by atoms with Crippen LogP contribution in [-0.4, -0.2) is 45.7 Å².